The molecule has 1 saturated heterocycles. The van der Waals surface area contributed by atoms with Gasteiger partial charge in [-0.15, -0.1) is 0 Å². The zero-order valence-electron chi connectivity index (χ0n) is 13.0. The molecule has 22 heavy (non-hydrogen) atoms. The standard InChI is InChI=1S/C17H22N4O/c1-12(22)20-8-10-21(11-9-20)17-18-14-6-2-4-13-5-3-7-15(19-17)16(13)14/h2,4,6,15H,3,5,7-11H2,1H3,(H,18,19). The van der Waals surface area contributed by atoms with Crippen LogP contribution < -0.4 is 5.32 Å². The lowest BCUT2D eigenvalue weighted by Crippen LogP contribution is -2.52. The van der Waals surface area contributed by atoms with Gasteiger partial charge in [0.1, 0.15) is 0 Å². The Balaban J connectivity index is 1.56. The van der Waals surface area contributed by atoms with Gasteiger partial charge in [-0.2, -0.15) is 0 Å². The van der Waals surface area contributed by atoms with Crippen LogP contribution in [0.2, 0.25) is 0 Å². The molecule has 4 rings (SSSR count). The van der Waals surface area contributed by atoms with Crippen molar-refractivity contribution in [3.05, 3.63) is 29.3 Å². The van der Waals surface area contributed by atoms with Crippen LogP contribution in [-0.4, -0.2) is 47.8 Å². The number of amides is 1. The van der Waals surface area contributed by atoms with Crippen molar-refractivity contribution in [3.63, 3.8) is 0 Å². The molecule has 1 unspecified atom stereocenters. The SMILES string of the molecule is CC(=O)N1CCN(C2=NC3CCCc4cccc(c43)N2)CC1. The van der Waals surface area contributed by atoms with E-state index in [9.17, 15) is 4.79 Å². The van der Waals surface area contributed by atoms with Crippen molar-refractivity contribution >= 4 is 17.6 Å². The molecule has 5 heteroatoms. The van der Waals surface area contributed by atoms with Crippen LogP contribution in [0, 0.1) is 0 Å². The number of anilines is 1. The van der Waals surface area contributed by atoms with Gasteiger partial charge in [0.2, 0.25) is 5.91 Å². The average molecular weight is 298 g/mol. The normalized spacial score (nSPS) is 23.5. The van der Waals surface area contributed by atoms with Crippen molar-refractivity contribution in [2.24, 2.45) is 4.99 Å². The van der Waals surface area contributed by atoms with Gasteiger partial charge < -0.3 is 15.1 Å². The van der Waals surface area contributed by atoms with Crippen LogP contribution in [0.25, 0.3) is 0 Å². The van der Waals surface area contributed by atoms with Crippen LogP contribution >= 0.6 is 0 Å². The Morgan fingerprint density at radius 3 is 2.86 bits per heavy atom. The number of hydrogen-bond donors (Lipinski definition) is 1. The molecule has 0 spiro atoms. The lowest BCUT2D eigenvalue weighted by Gasteiger charge is -2.39. The minimum atomic E-state index is 0.167. The molecule has 116 valence electrons. The fourth-order valence-electron chi connectivity index (χ4n) is 3.79. The minimum Gasteiger partial charge on any atom is -0.339 e. The first-order valence-corrected chi connectivity index (χ1v) is 8.19. The molecule has 3 aliphatic rings. The van der Waals surface area contributed by atoms with Gasteiger partial charge in [-0.25, -0.2) is 4.99 Å². The molecule has 1 N–H and O–H groups in total. The van der Waals surface area contributed by atoms with E-state index in [0.29, 0.717) is 6.04 Å². The van der Waals surface area contributed by atoms with Crippen molar-refractivity contribution in [1.29, 1.82) is 0 Å². The second-order valence-electron chi connectivity index (χ2n) is 6.36. The highest BCUT2D eigenvalue weighted by Crippen LogP contribution is 2.40. The van der Waals surface area contributed by atoms with E-state index in [0.717, 1.165) is 38.6 Å². The third kappa shape index (κ3) is 2.25. The fraction of sp³-hybridized carbons (Fsp3) is 0.529. The maximum atomic E-state index is 11.5. The van der Waals surface area contributed by atoms with Gasteiger partial charge >= 0.3 is 0 Å². The van der Waals surface area contributed by atoms with Gasteiger partial charge in [0.05, 0.1) is 6.04 Å². The lowest BCUT2D eigenvalue weighted by molar-refractivity contribution is -0.130. The Bertz CT molecular complexity index is 632. The highest BCUT2D eigenvalue weighted by Gasteiger charge is 2.30. The number of guanidine groups is 1. The second kappa shape index (κ2) is 5.30. The van der Waals surface area contributed by atoms with Gasteiger partial charge in [-0.3, -0.25) is 4.79 Å². The van der Waals surface area contributed by atoms with E-state index in [2.05, 4.69) is 28.4 Å². The van der Waals surface area contributed by atoms with Crippen LogP contribution in [0.4, 0.5) is 5.69 Å². The van der Waals surface area contributed by atoms with Crippen LogP contribution in [0.15, 0.2) is 23.2 Å². The third-order valence-corrected chi connectivity index (χ3v) is 5.00. The number of nitrogens with one attached hydrogen (secondary N) is 1. The number of aryl methyl sites for hydroxylation is 1. The van der Waals surface area contributed by atoms with Crippen molar-refractivity contribution in [1.82, 2.24) is 9.80 Å². The smallest absolute Gasteiger partial charge is 0.219 e. The average Bonchev–Trinajstić information content (AvgIpc) is 2.55. The number of benzene rings is 1. The summed E-state index contributed by atoms with van der Waals surface area (Å²) in [5, 5.41) is 3.52. The Labute approximate surface area is 131 Å². The van der Waals surface area contributed by atoms with E-state index in [1.54, 1.807) is 6.92 Å². The summed E-state index contributed by atoms with van der Waals surface area (Å²) in [6, 6.07) is 6.85. The first-order chi connectivity index (χ1) is 10.7. The highest BCUT2D eigenvalue weighted by atomic mass is 16.2. The van der Waals surface area contributed by atoms with Crippen LogP contribution in [0.1, 0.15) is 36.9 Å². The molecule has 0 bridgehead atoms. The van der Waals surface area contributed by atoms with Gasteiger partial charge in [-0.05, 0) is 30.9 Å². The monoisotopic (exact) mass is 298 g/mol. The summed E-state index contributed by atoms with van der Waals surface area (Å²) >= 11 is 0. The summed E-state index contributed by atoms with van der Waals surface area (Å²) < 4.78 is 0. The summed E-state index contributed by atoms with van der Waals surface area (Å²) in [4.78, 5) is 20.6. The van der Waals surface area contributed by atoms with Crippen LogP contribution in [-0.2, 0) is 11.2 Å². The molecule has 0 aromatic heterocycles. The van der Waals surface area contributed by atoms with Crippen LogP contribution in [0.3, 0.4) is 0 Å². The molecule has 0 radical (unpaired) electrons. The molecule has 2 aliphatic heterocycles. The highest BCUT2D eigenvalue weighted by molar-refractivity contribution is 5.96. The molecule has 1 fully saturated rings. The quantitative estimate of drug-likeness (QED) is 0.797. The van der Waals surface area contributed by atoms with E-state index < -0.39 is 0 Å². The zero-order valence-corrected chi connectivity index (χ0v) is 13.0. The fourth-order valence-corrected chi connectivity index (χ4v) is 3.79. The predicted octanol–water partition coefficient (Wildman–Crippen LogP) is 2.01. The maximum Gasteiger partial charge on any atom is 0.219 e. The van der Waals surface area contributed by atoms with Gasteiger partial charge in [0, 0.05) is 44.4 Å². The number of piperazine rings is 1. The molecule has 1 atom stereocenters. The lowest BCUT2D eigenvalue weighted by atomic mass is 9.86. The Morgan fingerprint density at radius 2 is 2.09 bits per heavy atom. The van der Waals surface area contributed by atoms with Crippen molar-refractivity contribution < 1.29 is 4.79 Å². The van der Waals surface area contributed by atoms with E-state index in [-0.39, 0.29) is 5.91 Å². The van der Waals surface area contributed by atoms with Gasteiger partial charge in [0.25, 0.3) is 0 Å². The number of aliphatic imine (C=N–C) groups is 1. The number of rotatable bonds is 0. The molecule has 0 saturated carbocycles. The largest absolute Gasteiger partial charge is 0.339 e. The second-order valence-corrected chi connectivity index (χ2v) is 6.36. The topological polar surface area (TPSA) is 47.9 Å². The molecule has 5 nitrogen and oxygen atoms in total. The molecule has 2 heterocycles. The Kier molecular flexibility index (Phi) is 3.28. The molecular formula is C17H22N4O. The molecule has 1 aliphatic carbocycles. The first kappa shape index (κ1) is 13.6. The first-order valence-electron chi connectivity index (χ1n) is 8.19. The van der Waals surface area contributed by atoms with E-state index in [1.165, 1.54) is 29.7 Å². The third-order valence-electron chi connectivity index (χ3n) is 5.00. The number of carbonyl (C=O) groups excluding carboxylic acids is 1. The minimum absolute atomic E-state index is 0.167. The zero-order chi connectivity index (χ0) is 15.1. The summed E-state index contributed by atoms with van der Waals surface area (Å²) in [6.07, 6.45) is 3.53. The molecule has 1 aromatic rings. The van der Waals surface area contributed by atoms with Crippen molar-refractivity contribution in [2.45, 2.75) is 32.2 Å². The van der Waals surface area contributed by atoms with Crippen molar-refractivity contribution in [2.75, 3.05) is 31.5 Å². The maximum absolute atomic E-state index is 11.5. The van der Waals surface area contributed by atoms with Gasteiger partial charge in [-0.1, -0.05) is 12.1 Å². The van der Waals surface area contributed by atoms with Gasteiger partial charge in [0.15, 0.2) is 5.96 Å². The Hall–Kier alpha value is -2.04. The summed E-state index contributed by atoms with van der Waals surface area (Å²) in [5.74, 6) is 1.15. The van der Waals surface area contributed by atoms with E-state index in [1.807, 2.05) is 4.90 Å². The Morgan fingerprint density at radius 1 is 1.27 bits per heavy atom. The number of nitrogens with zero attached hydrogens (tertiary/aromatic N) is 3. The van der Waals surface area contributed by atoms with E-state index in [4.69, 9.17) is 4.99 Å². The van der Waals surface area contributed by atoms with Crippen molar-refractivity contribution in [3.8, 4) is 0 Å². The predicted molar refractivity (Wildman–Crippen MR) is 87.0 cm³/mol. The molecule has 1 aromatic carbocycles. The molecule has 1 amide bonds. The van der Waals surface area contributed by atoms with Crippen LogP contribution in [0.5, 0.6) is 0 Å². The number of hydrogen-bond acceptors (Lipinski definition) is 4. The summed E-state index contributed by atoms with van der Waals surface area (Å²) in [7, 11) is 0. The molecular weight excluding hydrogens is 276 g/mol. The summed E-state index contributed by atoms with van der Waals surface area (Å²) in [5.41, 5.74) is 4.08. The number of carbonyl (C=O) groups is 1. The summed E-state index contributed by atoms with van der Waals surface area (Å²) in [6.45, 7) is 4.92. The van der Waals surface area contributed by atoms with E-state index >= 15 is 0 Å².